The number of aliphatic hydroxyl groups excluding tert-OH is 1. The van der Waals surface area contributed by atoms with Gasteiger partial charge in [0.1, 0.15) is 10.6 Å². The summed E-state index contributed by atoms with van der Waals surface area (Å²) in [6.07, 6.45) is 6.53. The number of rotatable bonds is 4. The number of aromatic nitrogens is 2. The van der Waals surface area contributed by atoms with Crippen molar-refractivity contribution in [1.82, 2.24) is 9.97 Å². The van der Waals surface area contributed by atoms with E-state index in [1.54, 1.807) is 30.8 Å². The molecule has 1 fully saturated rings. The number of pyridine rings is 2. The van der Waals surface area contributed by atoms with Crippen molar-refractivity contribution in [2.75, 3.05) is 12.8 Å². The molecule has 0 amide bonds. The molecule has 0 saturated heterocycles. The third-order valence-corrected chi connectivity index (χ3v) is 5.92. The van der Waals surface area contributed by atoms with Crippen LogP contribution in [0.3, 0.4) is 0 Å². The summed E-state index contributed by atoms with van der Waals surface area (Å²) in [4.78, 5) is 15.0. The van der Waals surface area contributed by atoms with Crippen molar-refractivity contribution in [1.29, 1.82) is 0 Å². The Bertz CT molecular complexity index is 946. The normalized spacial score (nSPS) is 16.4. The first kappa shape index (κ1) is 16.2. The van der Waals surface area contributed by atoms with Gasteiger partial charge in [-0.15, -0.1) is 11.3 Å². The molecule has 0 aromatic carbocycles. The molecule has 0 aliphatic heterocycles. The van der Waals surface area contributed by atoms with Gasteiger partial charge in [0.15, 0.2) is 0 Å². The van der Waals surface area contributed by atoms with Crippen LogP contribution in [0.2, 0.25) is 0 Å². The Labute approximate surface area is 150 Å². The van der Waals surface area contributed by atoms with E-state index in [0.717, 1.165) is 44.8 Å². The zero-order valence-electron chi connectivity index (χ0n) is 14.0. The number of fused-ring (bicyclic) bond motifs is 1. The van der Waals surface area contributed by atoms with E-state index < -0.39 is 0 Å². The average Bonchev–Trinajstić information content (AvgIpc) is 2.98. The van der Waals surface area contributed by atoms with Gasteiger partial charge in [0, 0.05) is 40.8 Å². The van der Waals surface area contributed by atoms with Crippen LogP contribution >= 0.6 is 11.3 Å². The summed E-state index contributed by atoms with van der Waals surface area (Å²) in [6.45, 7) is 0. The molecule has 1 aliphatic rings. The van der Waals surface area contributed by atoms with Crippen LogP contribution in [0.5, 0.6) is 0 Å². The lowest BCUT2D eigenvalue weighted by Gasteiger charge is -2.29. The number of thiophene rings is 1. The third kappa shape index (κ3) is 3.03. The summed E-state index contributed by atoms with van der Waals surface area (Å²) in [6, 6.07) is 8.04. The number of hydrogen-bond acceptors (Lipinski definition) is 6. The molecule has 25 heavy (non-hydrogen) atoms. The number of nitrogens with zero attached hydrogens (tertiary/aromatic N) is 3. The van der Waals surface area contributed by atoms with Crippen LogP contribution < -0.4 is 5.73 Å². The fourth-order valence-electron chi connectivity index (χ4n) is 3.11. The Kier molecular flexibility index (Phi) is 4.23. The fourth-order valence-corrected chi connectivity index (χ4v) is 4.22. The summed E-state index contributed by atoms with van der Waals surface area (Å²) in [5.74, 6) is 0.863. The van der Waals surface area contributed by atoms with E-state index in [9.17, 15) is 5.11 Å². The number of aliphatic imine (C=N–C) groups is 1. The van der Waals surface area contributed by atoms with E-state index in [2.05, 4.69) is 22.1 Å². The largest absolute Gasteiger partial charge is 0.387 e. The predicted octanol–water partition coefficient (Wildman–Crippen LogP) is 3.82. The summed E-state index contributed by atoms with van der Waals surface area (Å²) < 4.78 is 0. The smallest absolute Gasteiger partial charge is 0.132 e. The minimum atomic E-state index is -0.359. The van der Waals surface area contributed by atoms with Crippen LogP contribution in [0.1, 0.15) is 35.8 Å². The highest BCUT2D eigenvalue weighted by atomic mass is 32.1. The van der Waals surface area contributed by atoms with Crippen molar-refractivity contribution in [2.24, 2.45) is 10.9 Å². The van der Waals surface area contributed by atoms with E-state index in [1.807, 2.05) is 12.1 Å². The van der Waals surface area contributed by atoms with Crippen LogP contribution in [0.25, 0.3) is 21.5 Å². The molecule has 0 spiro atoms. The maximum absolute atomic E-state index is 10.5. The van der Waals surface area contributed by atoms with E-state index in [-0.39, 0.29) is 6.10 Å². The molecule has 3 heterocycles. The van der Waals surface area contributed by atoms with E-state index in [4.69, 9.17) is 10.7 Å². The molecular formula is C19H20N4OS. The number of aliphatic hydroxyl groups is 1. The number of nitrogens with two attached hydrogens (primary N) is 1. The van der Waals surface area contributed by atoms with Gasteiger partial charge in [-0.25, -0.2) is 9.97 Å². The molecule has 4 rings (SSSR count). The molecule has 1 aliphatic carbocycles. The van der Waals surface area contributed by atoms with Crippen LogP contribution in [0.15, 0.2) is 35.5 Å². The van der Waals surface area contributed by atoms with Gasteiger partial charge in [-0.1, -0.05) is 6.42 Å². The Morgan fingerprint density at radius 3 is 2.92 bits per heavy atom. The lowest BCUT2D eigenvalue weighted by atomic mass is 9.80. The Morgan fingerprint density at radius 1 is 1.36 bits per heavy atom. The molecule has 3 N–H and O–H groups in total. The topological polar surface area (TPSA) is 84.4 Å². The van der Waals surface area contributed by atoms with Crippen molar-refractivity contribution in [3.63, 3.8) is 0 Å². The molecule has 6 heteroatoms. The number of nitrogen functional groups attached to an aromatic ring is 1. The molecule has 1 atom stereocenters. The van der Waals surface area contributed by atoms with Crippen molar-refractivity contribution in [3.05, 3.63) is 40.9 Å². The Balaban J connectivity index is 1.70. The summed E-state index contributed by atoms with van der Waals surface area (Å²) in [5, 5.41) is 11.6. The lowest BCUT2D eigenvalue weighted by molar-refractivity contribution is 0.0650. The first-order valence-electron chi connectivity index (χ1n) is 8.42. The predicted molar refractivity (Wildman–Crippen MR) is 103 cm³/mol. The molecule has 1 unspecified atom stereocenters. The van der Waals surface area contributed by atoms with E-state index in [0.29, 0.717) is 11.7 Å². The van der Waals surface area contributed by atoms with E-state index in [1.165, 1.54) is 6.42 Å². The molecule has 3 aromatic rings. The highest BCUT2D eigenvalue weighted by molar-refractivity contribution is 7.18. The second-order valence-electron chi connectivity index (χ2n) is 6.46. The second-order valence-corrected chi connectivity index (χ2v) is 7.52. The van der Waals surface area contributed by atoms with Gasteiger partial charge in [-0.3, -0.25) is 4.99 Å². The first-order valence-corrected chi connectivity index (χ1v) is 9.24. The fraction of sp³-hybridized carbons (Fsp3) is 0.316. The van der Waals surface area contributed by atoms with Crippen LogP contribution in [-0.2, 0) is 0 Å². The van der Waals surface area contributed by atoms with Crippen LogP contribution in [0.4, 0.5) is 5.82 Å². The summed E-state index contributed by atoms with van der Waals surface area (Å²) in [7, 11) is 1.71. The Hall–Kier alpha value is -2.31. The first-order chi connectivity index (χ1) is 12.2. The average molecular weight is 352 g/mol. The standard InChI is InChI=1S/C19H20N4OS/c1-21-9-14-7-13(10-22-18(14)20)15-6-5-12-8-16(25-19(12)23-15)17(24)11-3-2-4-11/h5-11,17,24H,2-4H2,1H3,(H2,20,22). The van der Waals surface area contributed by atoms with Crippen molar-refractivity contribution < 1.29 is 5.11 Å². The SMILES string of the molecule is CN=Cc1cc(-c2ccc3cc(C(O)C4CCC4)sc3n2)cnc1N. The molecule has 1 saturated carbocycles. The van der Waals surface area contributed by atoms with Gasteiger partial charge in [-0.2, -0.15) is 0 Å². The van der Waals surface area contributed by atoms with Crippen molar-refractivity contribution in [2.45, 2.75) is 25.4 Å². The monoisotopic (exact) mass is 352 g/mol. The maximum atomic E-state index is 10.5. The van der Waals surface area contributed by atoms with Crippen LogP contribution in [-0.4, -0.2) is 28.3 Å². The van der Waals surface area contributed by atoms with Crippen molar-refractivity contribution in [3.8, 4) is 11.3 Å². The summed E-state index contributed by atoms with van der Waals surface area (Å²) >= 11 is 1.58. The zero-order valence-corrected chi connectivity index (χ0v) is 14.8. The lowest BCUT2D eigenvalue weighted by Crippen LogP contribution is -2.19. The maximum Gasteiger partial charge on any atom is 0.132 e. The Morgan fingerprint density at radius 2 is 2.20 bits per heavy atom. The highest BCUT2D eigenvalue weighted by Crippen LogP contribution is 2.41. The quantitative estimate of drug-likeness (QED) is 0.699. The second kappa shape index (κ2) is 6.54. The van der Waals surface area contributed by atoms with Gasteiger partial charge in [-0.05, 0) is 43.0 Å². The number of anilines is 1. The number of hydrogen-bond donors (Lipinski definition) is 2. The minimum absolute atomic E-state index is 0.359. The zero-order chi connectivity index (χ0) is 17.4. The van der Waals surface area contributed by atoms with Gasteiger partial charge < -0.3 is 10.8 Å². The molecule has 5 nitrogen and oxygen atoms in total. The highest BCUT2D eigenvalue weighted by Gasteiger charge is 2.28. The molecular weight excluding hydrogens is 332 g/mol. The van der Waals surface area contributed by atoms with Gasteiger partial charge >= 0.3 is 0 Å². The van der Waals surface area contributed by atoms with Gasteiger partial charge in [0.2, 0.25) is 0 Å². The van der Waals surface area contributed by atoms with E-state index >= 15 is 0 Å². The third-order valence-electron chi connectivity index (χ3n) is 4.80. The molecule has 0 bridgehead atoms. The van der Waals surface area contributed by atoms with Gasteiger partial charge in [0.25, 0.3) is 0 Å². The molecule has 3 aromatic heterocycles. The van der Waals surface area contributed by atoms with Gasteiger partial charge in [0.05, 0.1) is 11.8 Å². The summed E-state index contributed by atoms with van der Waals surface area (Å²) in [5.41, 5.74) is 8.41. The van der Waals surface area contributed by atoms with Crippen LogP contribution in [0, 0.1) is 5.92 Å². The minimum Gasteiger partial charge on any atom is -0.387 e. The van der Waals surface area contributed by atoms with Crippen molar-refractivity contribution >= 4 is 33.6 Å². The molecule has 0 radical (unpaired) electrons. The molecule has 128 valence electrons.